The maximum Gasteiger partial charge on any atom is 0.261 e. The van der Waals surface area contributed by atoms with Crippen LogP contribution in [-0.2, 0) is 14.8 Å². The van der Waals surface area contributed by atoms with Crippen molar-refractivity contribution in [2.24, 2.45) is 5.92 Å². The first-order valence-corrected chi connectivity index (χ1v) is 13.1. The molecule has 1 aliphatic heterocycles. The Bertz CT molecular complexity index is 1130. The van der Waals surface area contributed by atoms with E-state index in [-0.39, 0.29) is 40.3 Å². The molecule has 0 aliphatic carbocycles. The van der Waals surface area contributed by atoms with E-state index in [4.69, 9.17) is 9.47 Å². The van der Waals surface area contributed by atoms with E-state index in [0.717, 1.165) is 25.2 Å². The maximum atomic E-state index is 13.3. The number of ether oxygens (including phenoxy) is 2. The van der Waals surface area contributed by atoms with Gasteiger partial charge in [0, 0.05) is 39.4 Å². The summed E-state index contributed by atoms with van der Waals surface area (Å²) in [7, 11) is -0.589. The molecule has 3 atom stereocenters. The number of fused-ring (bicyclic) bond motifs is 1. The summed E-state index contributed by atoms with van der Waals surface area (Å²) in [5.74, 6) is -0.297. The van der Waals surface area contributed by atoms with Crippen molar-refractivity contribution in [3.05, 3.63) is 53.8 Å². The Morgan fingerprint density at radius 3 is 2.46 bits per heavy atom. The number of sulfonamides is 1. The Balaban J connectivity index is 1.95. The molecule has 0 spiro atoms. The van der Waals surface area contributed by atoms with Crippen LogP contribution >= 0.6 is 0 Å². The smallest absolute Gasteiger partial charge is 0.261 e. The molecule has 35 heavy (non-hydrogen) atoms. The predicted molar refractivity (Wildman–Crippen MR) is 133 cm³/mol. The first-order chi connectivity index (χ1) is 16.6. The van der Waals surface area contributed by atoms with Gasteiger partial charge in [0.2, 0.25) is 0 Å². The van der Waals surface area contributed by atoms with E-state index in [1.54, 1.807) is 25.1 Å². The molecule has 2 aromatic carbocycles. The first-order valence-electron chi connectivity index (χ1n) is 11.6. The topological polar surface area (TPSA) is 88.2 Å². The SMILES string of the molecule is CCN1C[C@@H](C)[C@H](OC)CN(C)C(=O)c2ccc(NS(=O)(=O)c3ccc(F)cc3)cc2OC[C@H]1C. The molecule has 0 saturated heterocycles. The summed E-state index contributed by atoms with van der Waals surface area (Å²) in [5.41, 5.74) is 0.564. The lowest BCUT2D eigenvalue weighted by molar-refractivity contribution is 0.0116. The van der Waals surface area contributed by atoms with Crippen LogP contribution in [0, 0.1) is 11.7 Å². The third-order valence-electron chi connectivity index (χ3n) is 6.36. The van der Waals surface area contributed by atoms with Gasteiger partial charge in [0.05, 0.1) is 22.3 Å². The molecule has 1 aliphatic rings. The number of benzene rings is 2. The van der Waals surface area contributed by atoms with Crippen molar-refractivity contribution in [1.29, 1.82) is 0 Å². The van der Waals surface area contributed by atoms with Gasteiger partial charge in [-0.25, -0.2) is 12.8 Å². The molecular formula is C25H34FN3O5S. The van der Waals surface area contributed by atoms with Gasteiger partial charge in [-0.05, 0) is 55.8 Å². The monoisotopic (exact) mass is 507 g/mol. The minimum absolute atomic E-state index is 0.0552. The number of hydrogen-bond acceptors (Lipinski definition) is 6. The molecule has 0 bridgehead atoms. The number of nitrogens with zero attached hydrogens (tertiary/aromatic N) is 2. The van der Waals surface area contributed by atoms with Crippen molar-refractivity contribution >= 4 is 21.6 Å². The average Bonchev–Trinajstić information content (AvgIpc) is 2.83. The van der Waals surface area contributed by atoms with E-state index < -0.39 is 15.8 Å². The summed E-state index contributed by atoms with van der Waals surface area (Å²) in [5, 5.41) is 0. The first kappa shape index (κ1) is 26.9. The Morgan fingerprint density at radius 1 is 1.14 bits per heavy atom. The van der Waals surface area contributed by atoms with Crippen molar-refractivity contribution in [3.63, 3.8) is 0 Å². The third kappa shape index (κ3) is 6.50. The van der Waals surface area contributed by atoms with Crippen molar-refractivity contribution in [2.75, 3.05) is 45.1 Å². The average molecular weight is 508 g/mol. The minimum Gasteiger partial charge on any atom is -0.491 e. The van der Waals surface area contributed by atoms with Crippen LogP contribution < -0.4 is 9.46 Å². The number of carbonyl (C=O) groups excluding carboxylic acids is 1. The highest BCUT2D eigenvalue weighted by Crippen LogP contribution is 2.28. The normalized spacial score (nSPS) is 22.5. The summed E-state index contributed by atoms with van der Waals surface area (Å²) in [6.45, 7) is 8.58. The number of hydrogen-bond donors (Lipinski definition) is 1. The highest BCUT2D eigenvalue weighted by Gasteiger charge is 2.28. The molecule has 0 saturated carbocycles. The summed E-state index contributed by atoms with van der Waals surface area (Å²) >= 11 is 0. The molecule has 1 amide bonds. The predicted octanol–water partition coefficient (Wildman–Crippen LogP) is 3.45. The Labute approximate surface area is 207 Å². The third-order valence-corrected chi connectivity index (χ3v) is 7.76. The van der Waals surface area contributed by atoms with Crippen LogP contribution in [-0.4, -0.2) is 76.7 Å². The van der Waals surface area contributed by atoms with E-state index in [0.29, 0.717) is 18.7 Å². The van der Waals surface area contributed by atoms with E-state index in [2.05, 4.69) is 30.4 Å². The molecule has 8 nitrogen and oxygen atoms in total. The second-order valence-corrected chi connectivity index (χ2v) is 10.6. The van der Waals surface area contributed by atoms with Gasteiger partial charge in [-0.1, -0.05) is 13.8 Å². The number of anilines is 1. The van der Waals surface area contributed by atoms with E-state index in [9.17, 15) is 17.6 Å². The van der Waals surface area contributed by atoms with Gasteiger partial charge in [0.1, 0.15) is 18.2 Å². The van der Waals surface area contributed by atoms with Crippen LogP contribution in [0.5, 0.6) is 5.75 Å². The van der Waals surface area contributed by atoms with Crippen LogP contribution in [0.25, 0.3) is 0 Å². The highest BCUT2D eigenvalue weighted by atomic mass is 32.2. The van der Waals surface area contributed by atoms with Gasteiger partial charge in [-0.15, -0.1) is 0 Å². The van der Waals surface area contributed by atoms with Crippen LogP contribution in [0.1, 0.15) is 31.1 Å². The van der Waals surface area contributed by atoms with Crippen molar-refractivity contribution in [3.8, 4) is 5.75 Å². The van der Waals surface area contributed by atoms with Crippen LogP contribution in [0.15, 0.2) is 47.4 Å². The summed E-state index contributed by atoms with van der Waals surface area (Å²) < 4.78 is 53.0. The van der Waals surface area contributed by atoms with Crippen LogP contribution in [0.2, 0.25) is 0 Å². The fourth-order valence-electron chi connectivity index (χ4n) is 4.18. The fourth-order valence-corrected chi connectivity index (χ4v) is 5.23. The lowest BCUT2D eigenvalue weighted by Crippen LogP contribution is -2.46. The van der Waals surface area contributed by atoms with Crippen LogP contribution in [0.3, 0.4) is 0 Å². The number of nitrogens with one attached hydrogen (secondary N) is 1. The largest absolute Gasteiger partial charge is 0.491 e. The van der Waals surface area contributed by atoms with Gasteiger partial charge in [0.15, 0.2) is 0 Å². The zero-order chi connectivity index (χ0) is 25.8. The lowest BCUT2D eigenvalue weighted by Gasteiger charge is -2.35. The second-order valence-electron chi connectivity index (χ2n) is 8.96. The molecule has 2 aromatic rings. The number of carbonyl (C=O) groups is 1. The Morgan fingerprint density at radius 2 is 1.83 bits per heavy atom. The zero-order valence-corrected chi connectivity index (χ0v) is 21.6. The number of rotatable bonds is 5. The Hall–Kier alpha value is -2.69. The standard InChI is InChI=1S/C25H34FN3O5S/c1-6-29-14-17(2)24(33-5)15-28(4)25(30)22-12-9-20(13-23(22)34-16-18(29)3)27-35(31,32)21-10-7-19(26)8-11-21/h7-13,17-18,24,27H,6,14-16H2,1-5H3/t17-,18-,24-/m1/s1. The molecule has 0 unspecified atom stereocenters. The van der Waals surface area contributed by atoms with Gasteiger partial charge in [-0.3, -0.25) is 14.4 Å². The van der Waals surface area contributed by atoms with E-state index >= 15 is 0 Å². The number of likely N-dealkylation sites (N-methyl/N-ethyl adjacent to an activating group) is 2. The molecule has 10 heteroatoms. The van der Waals surface area contributed by atoms with E-state index in [1.807, 2.05) is 0 Å². The number of amides is 1. The fraction of sp³-hybridized carbons (Fsp3) is 0.480. The maximum absolute atomic E-state index is 13.3. The van der Waals surface area contributed by atoms with Gasteiger partial charge < -0.3 is 14.4 Å². The summed E-state index contributed by atoms with van der Waals surface area (Å²) in [4.78, 5) is 17.1. The van der Waals surface area contributed by atoms with Crippen molar-refractivity contribution in [2.45, 2.75) is 37.8 Å². The zero-order valence-electron chi connectivity index (χ0n) is 20.8. The summed E-state index contributed by atoms with van der Waals surface area (Å²) in [6, 6.07) is 9.17. The van der Waals surface area contributed by atoms with Crippen LogP contribution in [0.4, 0.5) is 10.1 Å². The second kappa shape index (κ2) is 11.4. The molecule has 0 fully saturated rings. The number of halogens is 1. The highest BCUT2D eigenvalue weighted by molar-refractivity contribution is 7.92. The molecule has 192 valence electrons. The number of methoxy groups -OCH3 is 1. The van der Waals surface area contributed by atoms with Gasteiger partial charge >= 0.3 is 0 Å². The van der Waals surface area contributed by atoms with Crippen molar-refractivity contribution in [1.82, 2.24) is 9.80 Å². The van der Waals surface area contributed by atoms with Crippen molar-refractivity contribution < 1.29 is 27.1 Å². The molecular weight excluding hydrogens is 473 g/mol. The quantitative estimate of drug-likeness (QED) is 0.667. The van der Waals surface area contributed by atoms with Gasteiger partial charge in [0.25, 0.3) is 15.9 Å². The summed E-state index contributed by atoms with van der Waals surface area (Å²) in [6.07, 6.45) is -0.143. The van der Waals surface area contributed by atoms with Gasteiger partial charge in [-0.2, -0.15) is 0 Å². The molecule has 3 rings (SSSR count). The Kier molecular flexibility index (Phi) is 8.74. The molecule has 0 radical (unpaired) electrons. The lowest BCUT2D eigenvalue weighted by atomic mass is 10.0. The van der Waals surface area contributed by atoms with E-state index in [1.165, 1.54) is 24.3 Å². The molecule has 1 N–H and O–H groups in total. The molecule has 1 heterocycles. The molecule has 0 aromatic heterocycles. The minimum atomic E-state index is -3.95.